The number of aryl methyl sites for hydroxylation is 3. The molecule has 1 aliphatic carbocycles. The highest BCUT2D eigenvalue weighted by Crippen LogP contribution is 2.38. The summed E-state index contributed by atoms with van der Waals surface area (Å²) in [7, 11) is 0. The standard InChI is InChI=1S/C23H27F3N6O/c1-12-9-19(13(2)8-17(12)15-4-6-16(33)7-5-15)28-22-27-11-18(23(24,25)26)21(30-22)29-20-10-14(3)31-32-20/h8-11,15-16,33H,4-7H2,1-3H3,(H3,27,28,29,30,31,32). The van der Waals surface area contributed by atoms with Gasteiger partial charge in [-0.25, -0.2) is 4.98 Å². The van der Waals surface area contributed by atoms with Crippen LogP contribution in [0.3, 0.4) is 0 Å². The maximum absolute atomic E-state index is 13.5. The van der Waals surface area contributed by atoms with Crippen LogP contribution in [-0.2, 0) is 6.18 Å². The van der Waals surface area contributed by atoms with Gasteiger partial charge in [0.1, 0.15) is 11.4 Å². The van der Waals surface area contributed by atoms with Crippen molar-refractivity contribution in [1.29, 1.82) is 0 Å². The molecule has 3 aromatic rings. The van der Waals surface area contributed by atoms with Crippen molar-refractivity contribution in [1.82, 2.24) is 20.2 Å². The molecule has 0 saturated heterocycles. The Kier molecular flexibility index (Phi) is 6.29. The topological polar surface area (TPSA) is 98.8 Å². The Morgan fingerprint density at radius 3 is 2.36 bits per heavy atom. The summed E-state index contributed by atoms with van der Waals surface area (Å²) in [6.45, 7) is 5.71. The van der Waals surface area contributed by atoms with Crippen LogP contribution in [0.15, 0.2) is 24.4 Å². The summed E-state index contributed by atoms with van der Waals surface area (Å²) in [6.07, 6.45) is -0.583. The zero-order valence-corrected chi connectivity index (χ0v) is 18.7. The number of anilines is 4. The number of rotatable bonds is 5. The van der Waals surface area contributed by atoms with E-state index >= 15 is 0 Å². The third-order valence-electron chi connectivity index (χ3n) is 6.04. The highest BCUT2D eigenvalue weighted by Gasteiger charge is 2.35. The Labute approximate surface area is 189 Å². The molecule has 0 aliphatic heterocycles. The molecule has 2 heterocycles. The van der Waals surface area contributed by atoms with Crippen LogP contribution in [-0.4, -0.2) is 31.4 Å². The highest BCUT2D eigenvalue weighted by atomic mass is 19.4. The molecular weight excluding hydrogens is 433 g/mol. The zero-order valence-electron chi connectivity index (χ0n) is 18.7. The monoisotopic (exact) mass is 460 g/mol. The van der Waals surface area contributed by atoms with Crippen LogP contribution in [0.4, 0.5) is 36.4 Å². The van der Waals surface area contributed by atoms with Gasteiger partial charge in [0.2, 0.25) is 5.95 Å². The van der Waals surface area contributed by atoms with Crippen LogP contribution in [0, 0.1) is 20.8 Å². The number of halogens is 3. The molecule has 1 aliphatic rings. The second-order valence-electron chi connectivity index (χ2n) is 8.67. The Hall–Kier alpha value is -3.14. The summed E-state index contributed by atoms with van der Waals surface area (Å²) in [5.74, 6) is 0.306. The predicted octanol–water partition coefficient (Wildman–Crippen LogP) is 5.65. The van der Waals surface area contributed by atoms with E-state index in [9.17, 15) is 18.3 Å². The third kappa shape index (κ3) is 5.27. The second-order valence-corrected chi connectivity index (χ2v) is 8.67. The first-order valence-electron chi connectivity index (χ1n) is 10.9. The van der Waals surface area contributed by atoms with Gasteiger partial charge in [-0.15, -0.1) is 0 Å². The van der Waals surface area contributed by atoms with Crippen molar-refractivity contribution in [2.75, 3.05) is 10.6 Å². The lowest BCUT2D eigenvalue weighted by Gasteiger charge is -2.27. The molecule has 1 saturated carbocycles. The molecule has 10 heteroatoms. The van der Waals surface area contributed by atoms with Crippen LogP contribution in [0.1, 0.15) is 59.5 Å². The minimum atomic E-state index is -4.62. The predicted molar refractivity (Wildman–Crippen MR) is 120 cm³/mol. The number of hydrogen-bond acceptors (Lipinski definition) is 6. The first kappa shape index (κ1) is 23.0. The van der Waals surface area contributed by atoms with Crippen molar-refractivity contribution in [2.24, 2.45) is 0 Å². The van der Waals surface area contributed by atoms with Crippen molar-refractivity contribution in [3.05, 3.63) is 52.3 Å². The summed E-state index contributed by atoms with van der Waals surface area (Å²) in [5.41, 5.74) is 3.74. The largest absolute Gasteiger partial charge is 0.421 e. The summed E-state index contributed by atoms with van der Waals surface area (Å²) >= 11 is 0. The average molecular weight is 461 g/mol. The van der Waals surface area contributed by atoms with Crippen LogP contribution in [0.2, 0.25) is 0 Å². The fraction of sp³-hybridized carbons (Fsp3) is 0.435. The zero-order chi connectivity index (χ0) is 23.8. The molecule has 2 aromatic heterocycles. The van der Waals surface area contributed by atoms with E-state index in [-0.39, 0.29) is 23.7 Å². The van der Waals surface area contributed by atoms with Crippen LogP contribution in [0.25, 0.3) is 0 Å². The van der Waals surface area contributed by atoms with E-state index < -0.39 is 11.7 Å². The average Bonchev–Trinajstić information content (AvgIpc) is 3.15. The van der Waals surface area contributed by atoms with E-state index in [2.05, 4.69) is 36.9 Å². The smallest absolute Gasteiger partial charge is 0.393 e. The molecular formula is C23H27F3N6O. The van der Waals surface area contributed by atoms with Crippen LogP contribution >= 0.6 is 0 Å². The number of benzene rings is 1. The first-order chi connectivity index (χ1) is 15.6. The maximum Gasteiger partial charge on any atom is 0.421 e. The fourth-order valence-corrected chi connectivity index (χ4v) is 4.27. The van der Waals surface area contributed by atoms with Crippen LogP contribution < -0.4 is 10.6 Å². The lowest BCUT2D eigenvalue weighted by molar-refractivity contribution is -0.137. The number of nitrogens with zero attached hydrogens (tertiary/aromatic N) is 3. The van der Waals surface area contributed by atoms with E-state index in [0.29, 0.717) is 11.6 Å². The molecule has 0 spiro atoms. The molecule has 1 fully saturated rings. The normalized spacial score (nSPS) is 18.9. The molecule has 33 heavy (non-hydrogen) atoms. The van der Waals surface area contributed by atoms with Crippen molar-refractivity contribution in [2.45, 2.75) is 64.7 Å². The van der Waals surface area contributed by atoms with Gasteiger partial charge >= 0.3 is 6.18 Å². The number of hydrogen-bond donors (Lipinski definition) is 4. The molecule has 0 amide bonds. The summed E-state index contributed by atoms with van der Waals surface area (Å²) in [4.78, 5) is 8.00. The summed E-state index contributed by atoms with van der Waals surface area (Å²) in [6, 6.07) is 5.67. The second kappa shape index (κ2) is 9.01. The molecule has 7 nitrogen and oxygen atoms in total. The Balaban J connectivity index is 1.60. The highest BCUT2D eigenvalue weighted by molar-refractivity contribution is 5.64. The lowest BCUT2D eigenvalue weighted by Crippen LogP contribution is -2.17. The van der Waals surface area contributed by atoms with Crippen molar-refractivity contribution in [3.8, 4) is 0 Å². The Morgan fingerprint density at radius 1 is 1.00 bits per heavy atom. The fourth-order valence-electron chi connectivity index (χ4n) is 4.27. The van der Waals surface area contributed by atoms with E-state index in [4.69, 9.17) is 0 Å². The van der Waals surface area contributed by atoms with Gasteiger partial charge < -0.3 is 15.7 Å². The minimum absolute atomic E-state index is 0.0498. The van der Waals surface area contributed by atoms with E-state index in [0.717, 1.165) is 48.7 Å². The SMILES string of the molecule is Cc1cc(Nc2nc(Nc3cc(C)c(C4CCC(O)CC4)cc3C)ncc2C(F)(F)F)n[nH]1. The summed E-state index contributed by atoms with van der Waals surface area (Å²) < 4.78 is 40.5. The van der Waals surface area contributed by atoms with E-state index in [1.165, 1.54) is 5.56 Å². The number of nitrogens with one attached hydrogen (secondary N) is 3. The quantitative estimate of drug-likeness (QED) is 0.393. The van der Waals surface area contributed by atoms with Crippen molar-refractivity contribution >= 4 is 23.3 Å². The lowest BCUT2D eigenvalue weighted by atomic mass is 9.80. The molecule has 0 radical (unpaired) electrons. The van der Waals surface area contributed by atoms with Gasteiger partial charge in [-0.1, -0.05) is 6.07 Å². The number of H-pyrrole nitrogens is 1. The van der Waals surface area contributed by atoms with Gasteiger partial charge in [-0.2, -0.15) is 23.3 Å². The number of aromatic nitrogens is 4. The summed E-state index contributed by atoms with van der Waals surface area (Å²) in [5, 5.41) is 22.1. The van der Waals surface area contributed by atoms with Gasteiger partial charge in [-0.3, -0.25) is 5.10 Å². The molecule has 0 atom stereocenters. The number of aromatic amines is 1. The molecule has 0 unspecified atom stereocenters. The number of aliphatic hydroxyl groups excluding tert-OH is 1. The molecule has 0 bridgehead atoms. The molecule has 176 valence electrons. The van der Waals surface area contributed by atoms with Gasteiger partial charge in [-0.05, 0) is 75.1 Å². The Morgan fingerprint density at radius 2 is 1.73 bits per heavy atom. The van der Waals surface area contributed by atoms with Gasteiger partial charge in [0.05, 0.1) is 6.10 Å². The minimum Gasteiger partial charge on any atom is -0.393 e. The van der Waals surface area contributed by atoms with E-state index in [1.54, 1.807) is 13.0 Å². The first-order valence-corrected chi connectivity index (χ1v) is 10.9. The van der Waals surface area contributed by atoms with Crippen molar-refractivity contribution < 1.29 is 18.3 Å². The van der Waals surface area contributed by atoms with Gasteiger partial charge in [0, 0.05) is 23.6 Å². The number of aliphatic hydroxyl groups is 1. The molecule has 4 rings (SSSR count). The third-order valence-corrected chi connectivity index (χ3v) is 6.04. The maximum atomic E-state index is 13.5. The van der Waals surface area contributed by atoms with E-state index in [1.807, 2.05) is 19.9 Å². The van der Waals surface area contributed by atoms with Crippen molar-refractivity contribution in [3.63, 3.8) is 0 Å². The van der Waals surface area contributed by atoms with Crippen LogP contribution in [0.5, 0.6) is 0 Å². The van der Waals surface area contributed by atoms with Gasteiger partial charge in [0.25, 0.3) is 0 Å². The van der Waals surface area contributed by atoms with Gasteiger partial charge in [0.15, 0.2) is 5.82 Å². The number of alkyl halides is 3. The molecule has 4 N–H and O–H groups in total. The Bertz CT molecular complexity index is 1140. The molecule has 1 aromatic carbocycles.